The van der Waals surface area contributed by atoms with Crippen molar-refractivity contribution in [2.24, 2.45) is 0 Å². The van der Waals surface area contributed by atoms with E-state index in [4.69, 9.17) is 9.97 Å². The molecule has 0 saturated heterocycles. The molecule has 0 aliphatic rings. The molecule has 246 valence electrons. The highest BCUT2D eigenvalue weighted by Gasteiger charge is 2.29. The van der Waals surface area contributed by atoms with Crippen molar-refractivity contribution in [1.82, 2.24) is 14.5 Å². The lowest BCUT2D eigenvalue weighted by atomic mass is 9.79. The molecule has 0 radical (unpaired) electrons. The second-order valence-corrected chi connectivity index (χ2v) is 15.8. The zero-order chi connectivity index (χ0) is 34.7. The lowest BCUT2D eigenvalue weighted by molar-refractivity contribution is 0.442. The lowest BCUT2D eigenvalue weighted by Crippen LogP contribution is -2.20. The van der Waals surface area contributed by atoms with Gasteiger partial charge in [-0.25, -0.2) is 4.98 Å². The number of nitrogens with zero attached hydrogens (tertiary/aromatic N) is 3. The van der Waals surface area contributed by atoms with E-state index in [2.05, 4.69) is 169 Å². The third-order valence-corrected chi connectivity index (χ3v) is 9.89. The van der Waals surface area contributed by atoms with E-state index in [1.165, 1.54) is 5.56 Å². The molecule has 3 heterocycles. The molecule has 0 bridgehead atoms. The average Bonchev–Trinajstić information content (AvgIpc) is 3.41. The Bertz CT molecular complexity index is 2320. The summed E-state index contributed by atoms with van der Waals surface area (Å²) in [6, 6.07) is 40.5. The average molecular weight is 644 g/mol. The lowest BCUT2D eigenvalue weighted by Gasteiger charge is -2.28. The highest BCUT2D eigenvalue weighted by Crippen LogP contribution is 2.43. The molecule has 0 fully saturated rings. The van der Waals surface area contributed by atoms with E-state index in [0.29, 0.717) is 5.75 Å². The quantitative estimate of drug-likeness (QED) is 0.203. The molecule has 4 aromatic carbocycles. The minimum atomic E-state index is -0.345. The molecule has 1 N–H and O–H groups in total. The number of benzene rings is 4. The smallest absolute Gasteiger partial charge is 0.146 e. The molecule has 4 heteroatoms. The molecular weight excluding hydrogens is 599 g/mol. The van der Waals surface area contributed by atoms with Crippen molar-refractivity contribution < 1.29 is 5.11 Å². The van der Waals surface area contributed by atoms with Crippen LogP contribution in [0, 0.1) is 0 Å². The van der Waals surface area contributed by atoms with Crippen molar-refractivity contribution in [3.63, 3.8) is 0 Å². The Labute approximate surface area is 290 Å². The summed E-state index contributed by atoms with van der Waals surface area (Å²) in [7, 11) is 0. The van der Waals surface area contributed by atoms with Crippen LogP contribution in [0.3, 0.4) is 0 Å². The van der Waals surface area contributed by atoms with Crippen molar-refractivity contribution in [2.75, 3.05) is 0 Å². The predicted molar refractivity (Wildman–Crippen MR) is 205 cm³/mol. The molecule has 49 heavy (non-hydrogen) atoms. The summed E-state index contributed by atoms with van der Waals surface area (Å²) in [6.45, 7) is 17.6. The maximum atomic E-state index is 12.0. The molecule has 0 atom stereocenters. The SMILES string of the molecule is CC(C)(C)c1cc(-n2c3ccccc3c3ccc(-c4cc(-c5ccccc5)cc(C(C)(C)c5ccccn5)c4)nc32)c(O)c(C(C)(C)C)c1. The number of phenols is 1. The number of aromatic nitrogens is 3. The maximum absolute atomic E-state index is 12.0. The number of phenolic OH excluding ortho intramolecular Hbond substituents is 1. The van der Waals surface area contributed by atoms with Gasteiger partial charge in [0.1, 0.15) is 11.4 Å². The number of pyridine rings is 2. The summed E-state index contributed by atoms with van der Waals surface area (Å²) in [5.74, 6) is 0.292. The molecule has 7 rings (SSSR count). The molecular formula is C45H45N3O. The summed E-state index contributed by atoms with van der Waals surface area (Å²) in [5.41, 5.74) is 10.3. The third-order valence-electron chi connectivity index (χ3n) is 9.89. The monoisotopic (exact) mass is 643 g/mol. The zero-order valence-corrected chi connectivity index (χ0v) is 29.8. The van der Waals surface area contributed by atoms with Gasteiger partial charge in [-0.05, 0) is 81.6 Å². The molecule has 7 aromatic rings. The first-order valence-corrected chi connectivity index (χ1v) is 17.1. The molecule has 0 amide bonds. The van der Waals surface area contributed by atoms with Gasteiger partial charge in [-0.1, -0.05) is 122 Å². The van der Waals surface area contributed by atoms with Crippen LogP contribution in [0.2, 0.25) is 0 Å². The highest BCUT2D eigenvalue weighted by molar-refractivity contribution is 6.08. The topological polar surface area (TPSA) is 50.9 Å². The fourth-order valence-corrected chi connectivity index (χ4v) is 6.85. The van der Waals surface area contributed by atoms with Crippen LogP contribution in [0.1, 0.15) is 77.8 Å². The van der Waals surface area contributed by atoms with Crippen LogP contribution in [0.4, 0.5) is 0 Å². The molecule has 3 aromatic heterocycles. The van der Waals surface area contributed by atoms with Crippen molar-refractivity contribution in [2.45, 2.75) is 71.6 Å². The van der Waals surface area contributed by atoms with E-state index in [1.807, 2.05) is 12.3 Å². The van der Waals surface area contributed by atoms with E-state index in [1.54, 1.807) is 0 Å². The Morgan fingerprint density at radius 2 is 1.27 bits per heavy atom. The van der Waals surface area contributed by atoms with Crippen LogP contribution in [-0.4, -0.2) is 19.6 Å². The van der Waals surface area contributed by atoms with Gasteiger partial charge in [0.25, 0.3) is 0 Å². The van der Waals surface area contributed by atoms with Gasteiger partial charge in [-0.3, -0.25) is 9.55 Å². The molecule has 0 saturated carbocycles. The molecule has 4 nitrogen and oxygen atoms in total. The highest BCUT2D eigenvalue weighted by atomic mass is 16.3. The van der Waals surface area contributed by atoms with Crippen LogP contribution >= 0.6 is 0 Å². The summed E-state index contributed by atoms with van der Waals surface area (Å²) >= 11 is 0. The fraction of sp³-hybridized carbons (Fsp3) is 0.244. The summed E-state index contributed by atoms with van der Waals surface area (Å²) < 4.78 is 2.16. The first-order valence-electron chi connectivity index (χ1n) is 17.1. The van der Waals surface area contributed by atoms with Crippen LogP contribution < -0.4 is 0 Å². The Kier molecular flexibility index (Phi) is 7.74. The molecule has 0 spiro atoms. The van der Waals surface area contributed by atoms with Gasteiger partial charge < -0.3 is 5.11 Å². The van der Waals surface area contributed by atoms with E-state index in [0.717, 1.165) is 66.8 Å². The number of hydrogen-bond donors (Lipinski definition) is 1. The number of fused-ring (bicyclic) bond motifs is 3. The Balaban J connectivity index is 1.52. The first-order chi connectivity index (χ1) is 23.2. The Hall–Kier alpha value is -5.22. The largest absolute Gasteiger partial charge is 0.505 e. The number of rotatable bonds is 5. The first kappa shape index (κ1) is 32.3. The summed E-state index contributed by atoms with van der Waals surface area (Å²) in [4.78, 5) is 10.2. The minimum absolute atomic E-state index is 0.117. The standard InChI is InChI=1S/C45H45N3O/c1-43(2,3)32-27-36(44(4,5)6)41(49)39(28-32)48-38-19-13-12-18-34(38)35-21-22-37(47-42(35)48)31-24-30(29-16-10-9-11-17-29)25-33(26-31)45(7,8)40-20-14-15-23-46-40/h9-28,49H,1-8H3. The molecule has 0 unspecified atom stereocenters. The van der Waals surface area contributed by atoms with E-state index < -0.39 is 0 Å². The molecule has 0 aliphatic carbocycles. The van der Waals surface area contributed by atoms with Crippen LogP contribution in [0.5, 0.6) is 5.75 Å². The minimum Gasteiger partial charge on any atom is -0.505 e. The number of para-hydroxylation sites is 1. The fourth-order valence-electron chi connectivity index (χ4n) is 6.85. The van der Waals surface area contributed by atoms with Gasteiger partial charge in [0.15, 0.2) is 0 Å². The van der Waals surface area contributed by atoms with Crippen molar-refractivity contribution in [1.29, 1.82) is 0 Å². The predicted octanol–water partition coefficient (Wildman–Crippen LogP) is 11.5. The van der Waals surface area contributed by atoms with Gasteiger partial charge in [0.05, 0.1) is 22.6 Å². The van der Waals surface area contributed by atoms with Gasteiger partial charge in [0, 0.05) is 33.5 Å². The van der Waals surface area contributed by atoms with E-state index in [-0.39, 0.29) is 16.2 Å². The Morgan fingerprint density at radius 1 is 0.571 bits per heavy atom. The van der Waals surface area contributed by atoms with E-state index in [9.17, 15) is 5.11 Å². The zero-order valence-electron chi connectivity index (χ0n) is 29.8. The third kappa shape index (κ3) is 5.80. The van der Waals surface area contributed by atoms with Gasteiger partial charge in [0.2, 0.25) is 0 Å². The van der Waals surface area contributed by atoms with Gasteiger partial charge in [-0.2, -0.15) is 0 Å². The second-order valence-electron chi connectivity index (χ2n) is 15.8. The number of aromatic hydroxyl groups is 1. The van der Waals surface area contributed by atoms with Crippen molar-refractivity contribution >= 4 is 21.9 Å². The van der Waals surface area contributed by atoms with Crippen LogP contribution in [-0.2, 0) is 16.2 Å². The van der Waals surface area contributed by atoms with Crippen LogP contribution in [0.25, 0.3) is 50.0 Å². The maximum Gasteiger partial charge on any atom is 0.146 e. The summed E-state index contributed by atoms with van der Waals surface area (Å²) in [5, 5.41) is 14.2. The van der Waals surface area contributed by atoms with E-state index >= 15 is 0 Å². The summed E-state index contributed by atoms with van der Waals surface area (Å²) in [6.07, 6.45) is 1.86. The van der Waals surface area contributed by atoms with Crippen LogP contribution in [0.15, 0.2) is 121 Å². The Morgan fingerprint density at radius 3 is 1.96 bits per heavy atom. The second kappa shape index (κ2) is 11.7. The molecule has 0 aliphatic heterocycles. The van der Waals surface area contributed by atoms with Gasteiger partial charge >= 0.3 is 0 Å². The van der Waals surface area contributed by atoms with Crippen molar-refractivity contribution in [3.8, 4) is 33.8 Å². The van der Waals surface area contributed by atoms with Crippen molar-refractivity contribution in [3.05, 3.63) is 144 Å². The number of hydrogen-bond acceptors (Lipinski definition) is 3. The van der Waals surface area contributed by atoms with Gasteiger partial charge in [-0.15, -0.1) is 0 Å². The normalized spacial score (nSPS) is 12.6.